The van der Waals surface area contributed by atoms with Gasteiger partial charge in [0.25, 0.3) is 0 Å². The van der Waals surface area contributed by atoms with Gasteiger partial charge >= 0.3 is 0 Å². The number of benzene rings is 1. The van der Waals surface area contributed by atoms with Gasteiger partial charge < -0.3 is 14.6 Å². The minimum Gasteiger partial charge on any atom is -0.473 e. The molecular formula is C23H21N5O3. The Labute approximate surface area is 179 Å². The fourth-order valence-corrected chi connectivity index (χ4v) is 2.85. The molecule has 4 aromatic rings. The van der Waals surface area contributed by atoms with Crippen molar-refractivity contribution < 1.29 is 14.1 Å². The fourth-order valence-electron chi connectivity index (χ4n) is 2.85. The summed E-state index contributed by atoms with van der Waals surface area (Å²) in [4.78, 5) is 24.7. The van der Waals surface area contributed by atoms with E-state index in [9.17, 15) is 4.79 Å². The first-order valence-corrected chi connectivity index (χ1v) is 9.87. The average Bonchev–Trinajstić information content (AvgIpc) is 3.31. The lowest BCUT2D eigenvalue weighted by Crippen LogP contribution is -2.23. The predicted octanol–water partition coefficient (Wildman–Crippen LogP) is 3.35. The summed E-state index contributed by atoms with van der Waals surface area (Å²) in [5, 5.41) is 6.83. The molecule has 0 saturated heterocycles. The van der Waals surface area contributed by atoms with E-state index in [2.05, 4.69) is 25.4 Å². The topological polar surface area (TPSA) is 103 Å². The van der Waals surface area contributed by atoms with Crippen LogP contribution in [0.1, 0.15) is 23.4 Å². The Morgan fingerprint density at radius 2 is 1.84 bits per heavy atom. The molecule has 4 rings (SSSR count). The van der Waals surface area contributed by atoms with Gasteiger partial charge in [0, 0.05) is 49.6 Å². The molecule has 1 amide bonds. The number of amides is 1. The van der Waals surface area contributed by atoms with Crippen LogP contribution in [0.2, 0.25) is 0 Å². The van der Waals surface area contributed by atoms with Crippen molar-refractivity contribution in [3.05, 3.63) is 90.2 Å². The van der Waals surface area contributed by atoms with Crippen molar-refractivity contribution in [2.45, 2.75) is 26.0 Å². The summed E-state index contributed by atoms with van der Waals surface area (Å²) in [5.41, 5.74) is 2.79. The Hall–Kier alpha value is -4.07. The third-order valence-electron chi connectivity index (χ3n) is 4.49. The van der Waals surface area contributed by atoms with Crippen molar-refractivity contribution in [1.29, 1.82) is 0 Å². The van der Waals surface area contributed by atoms with Gasteiger partial charge in [-0.2, -0.15) is 4.98 Å². The van der Waals surface area contributed by atoms with Crippen LogP contribution < -0.4 is 10.1 Å². The molecule has 31 heavy (non-hydrogen) atoms. The smallest absolute Gasteiger partial charge is 0.227 e. The molecule has 1 aromatic carbocycles. The van der Waals surface area contributed by atoms with Gasteiger partial charge in [-0.25, -0.2) is 4.98 Å². The molecule has 0 aliphatic carbocycles. The van der Waals surface area contributed by atoms with Gasteiger partial charge in [-0.3, -0.25) is 9.78 Å². The minimum absolute atomic E-state index is 0.104. The van der Waals surface area contributed by atoms with E-state index in [4.69, 9.17) is 9.26 Å². The second kappa shape index (κ2) is 10.1. The molecular weight excluding hydrogens is 394 g/mol. The Morgan fingerprint density at radius 3 is 2.68 bits per heavy atom. The highest BCUT2D eigenvalue weighted by Gasteiger charge is 2.11. The fraction of sp³-hybridized carbons (Fsp3) is 0.174. The number of ether oxygens (including phenoxy) is 1. The Bertz CT molecular complexity index is 1120. The van der Waals surface area contributed by atoms with Gasteiger partial charge in [0.2, 0.25) is 23.5 Å². The summed E-state index contributed by atoms with van der Waals surface area (Å²) in [6.45, 7) is 0.824. The molecule has 3 heterocycles. The lowest BCUT2D eigenvalue weighted by Gasteiger charge is -2.08. The molecule has 0 spiro atoms. The van der Waals surface area contributed by atoms with Crippen molar-refractivity contribution in [2.24, 2.45) is 0 Å². The van der Waals surface area contributed by atoms with E-state index in [0.717, 1.165) is 16.7 Å². The molecule has 0 saturated carbocycles. The van der Waals surface area contributed by atoms with E-state index in [-0.39, 0.29) is 12.3 Å². The number of hydrogen-bond donors (Lipinski definition) is 1. The number of pyridine rings is 2. The number of rotatable bonds is 9. The highest BCUT2D eigenvalue weighted by molar-refractivity contribution is 5.76. The van der Waals surface area contributed by atoms with Gasteiger partial charge in [0.15, 0.2) is 0 Å². The van der Waals surface area contributed by atoms with Crippen LogP contribution in [0.15, 0.2) is 77.7 Å². The van der Waals surface area contributed by atoms with Crippen molar-refractivity contribution in [2.75, 3.05) is 0 Å². The lowest BCUT2D eigenvalue weighted by molar-refractivity contribution is -0.121. The lowest BCUT2D eigenvalue weighted by atomic mass is 10.2. The summed E-state index contributed by atoms with van der Waals surface area (Å²) >= 11 is 0. The number of nitrogens with one attached hydrogen (secondary N) is 1. The van der Waals surface area contributed by atoms with Crippen molar-refractivity contribution >= 4 is 5.91 Å². The summed E-state index contributed by atoms with van der Waals surface area (Å²) < 4.78 is 11.0. The normalized spacial score (nSPS) is 10.6. The van der Waals surface area contributed by atoms with Crippen LogP contribution in [0.5, 0.6) is 5.88 Å². The zero-order chi connectivity index (χ0) is 21.3. The van der Waals surface area contributed by atoms with E-state index in [0.29, 0.717) is 37.2 Å². The maximum atomic E-state index is 12.2. The minimum atomic E-state index is -0.104. The molecule has 0 unspecified atom stereocenters. The number of hydrogen-bond acceptors (Lipinski definition) is 7. The van der Waals surface area contributed by atoms with Crippen molar-refractivity contribution in [1.82, 2.24) is 25.4 Å². The average molecular weight is 415 g/mol. The van der Waals surface area contributed by atoms with E-state index in [1.165, 1.54) is 0 Å². The Morgan fingerprint density at radius 1 is 1.00 bits per heavy atom. The van der Waals surface area contributed by atoms with Crippen LogP contribution in [-0.2, 0) is 24.4 Å². The summed E-state index contributed by atoms with van der Waals surface area (Å²) in [5.74, 6) is 1.32. The summed E-state index contributed by atoms with van der Waals surface area (Å²) in [6, 6.07) is 17.1. The second-order valence-electron chi connectivity index (χ2n) is 6.80. The number of aryl methyl sites for hydroxylation is 1. The van der Waals surface area contributed by atoms with E-state index < -0.39 is 0 Å². The van der Waals surface area contributed by atoms with Gasteiger partial charge in [-0.15, -0.1) is 0 Å². The van der Waals surface area contributed by atoms with Crippen molar-refractivity contribution in [3.63, 3.8) is 0 Å². The van der Waals surface area contributed by atoms with Crippen LogP contribution in [0, 0.1) is 0 Å². The third-order valence-corrected chi connectivity index (χ3v) is 4.49. The Balaban J connectivity index is 1.23. The standard InChI is InChI=1S/C23H21N5O3/c29-20(6-7-21-27-23(28-31-21)19-9-11-24-12-10-19)26-15-18-8-13-25-22(14-18)30-16-17-4-2-1-3-5-17/h1-5,8-14H,6-7,15-16H2,(H,26,29). The number of aromatic nitrogens is 4. The molecule has 0 fully saturated rings. The molecule has 8 heteroatoms. The zero-order valence-electron chi connectivity index (χ0n) is 16.8. The first kappa shape index (κ1) is 20.2. The predicted molar refractivity (Wildman–Crippen MR) is 113 cm³/mol. The van der Waals surface area contributed by atoms with Gasteiger partial charge in [-0.05, 0) is 29.3 Å². The SMILES string of the molecule is O=C(CCc1nc(-c2ccncc2)no1)NCc1ccnc(OCc2ccccc2)c1. The monoisotopic (exact) mass is 415 g/mol. The highest BCUT2D eigenvalue weighted by Crippen LogP contribution is 2.15. The number of carbonyl (C=O) groups is 1. The summed E-state index contributed by atoms with van der Waals surface area (Å²) in [7, 11) is 0. The molecule has 156 valence electrons. The van der Waals surface area contributed by atoms with E-state index in [1.54, 1.807) is 30.7 Å². The van der Waals surface area contributed by atoms with Crippen LogP contribution in [0.4, 0.5) is 0 Å². The zero-order valence-corrected chi connectivity index (χ0v) is 16.8. The molecule has 8 nitrogen and oxygen atoms in total. The highest BCUT2D eigenvalue weighted by atomic mass is 16.5. The van der Waals surface area contributed by atoms with Crippen molar-refractivity contribution in [3.8, 4) is 17.3 Å². The van der Waals surface area contributed by atoms with Crippen LogP contribution in [0.3, 0.4) is 0 Å². The quantitative estimate of drug-likeness (QED) is 0.447. The van der Waals surface area contributed by atoms with Crippen LogP contribution in [0.25, 0.3) is 11.4 Å². The maximum absolute atomic E-state index is 12.2. The molecule has 0 atom stereocenters. The Kier molecular flexibility index (Phi) is 6.59. The van der Waals surface area contributed by atoms with Gasteiger partial charge in [0.05, 0.1) is 0 Å². The maximum Gasteiger partial charge on any atom is 0.227 e. The first-order chi connectivity index (χ1) is 15.3. The first-order valence-electron chi connectivity index (χ1n) is 9.87. The number of carbonyl (C=O) groups excluding carboxylic acids is 1. The molecule has 0 bridgehead atoms. The third kappa shape index (κ3) is 5.96. The molecule has 1 N–H and O–H groups in total. The molecule has 0 aliphatic heterocycles. The largest absolute Gasteiger partial charge is 0.473 e. The van der Waals surface area contributed by atoms with Gasteiger partial charge in [-0.1, -0.05) is 35.5 Å². The van der Waals surface area contributed by atoms with Crippen LogP contribution >= 0.6 is 0 Å². The van der Waals surface area contributed by atoms with E-state index in [1.807, 2.05) is 42.5 Å². The van der Waals surface area contributed by atoms with Crippen LogP contribution in [-0.4, -0.2) is 26.0 Å². The number of nitrogens with zero attached hydrogens (tertiary/aromatic N) is 4. The van der Waals surface area contributed by atoms with Gasteiger partial charge in [0.1, 0.15) is 6.61 Å². The second-order valence-corrected chi connectivity index (χ2v) is 6.80. The summed E-state index contributed by atoms with van der Waals surface area (Å²) in [6.07, 6.45) is 5.61. The molecule has 0 aliphatic rings. The van der Waals surface area contributed by atoms with E-state index >= 15 is 0 Å². The molecule has 3 aromatic heterocycles. The molecule has 0 radical (unpaired) electrons.